The molecule has 2 atom stereocenters. The standard InChI is InChI=1S/C15H15F2N3O2S/c1-8(14-18-2-3-23-14)6-19-15(21)20-11-7-22-12-5-9(16)4-10(17)13(11)12/h2-5,8,11H,6-7H2,1H3,(H2,19,20,21)/t8-,11+/m1/s1. The summed E-state index contributed by atoms with van der Waals surface area (Å²) >= 11 is 1.52. The molecule has 0 fully saturated rings. The third-order valence-corrected chi connectivity index (χ3v) is 4.56. The number of halogens is 2. The molecule has 0 bridgehead atoms. The Morgan fingerprint density at radius 1 is 1.52 bits per heavy atom. The van der Waals surface area contributed by atoms with Crippen LogP contribution in [0.15, 0.2) is 23.7 Å². The van der Waals surface area contributed by atoms with Crippen molar-refractivity contribution in [1.29, 1.82) is 0 Å². The molecule has 2 N–H and O–H groups in total. The molecular weight excluding hydrogens is 324 g/mol. The lowest BCUT2D eigenvalue weighted by molar-refractivity contribution is 0.231. The van der Waals surface area contributed by atoms with Crippen molar-refractivity contribution in [2.45, 2.75) is 18.9 Å². The SMILES string of the molecule is C[C@H](CNC(=O)N[C@H]1COc2cc(F)cc(F)c21)c1nccs1. The highest BCUT2D eigenvalue weighted by molar-refractivity contribution is 7.09. The van der Waals surface area contributed by atoms with Crippen molar-refractivity contribution in [2.75, 3.05) is 13.2 Å². The average Bonchev–Trinajstić information content (AvgIpc) is 3.14. The van der Waals surface area contributed by atoms with E-state index in [9.17, 15) is 13.6 Å². The molecule has 2 heterocycles. The molecule has 0 spiro atoms. The Labute approximate surface area is 135 Å². The van der Waals surface area contributed by atoms with E-state index in [-0.39, 0.29) is 23.8 Å². The molecular formula is C15H15F2N3O2S. The van der Waals surface area contributed by atoms with Crippen LogP contribution < -0.4 is 15.4 Å². The van der Waals surface area contributed by atoms with Crippen molar-refractivity contribution in [3.05, 3.63) is 45.9 Å². The molecule has 122 valence electrons. The Balaban J connectivity index is 1.58. The van der Waals surface area contributed by atoms with Crippen LogP contribution in [0.3, 0.4) is 0 Å². The fourth-order valence-corrected chi connectivity index (χ4v) is 3.11. The van der Waals surface area contributed by atoms with Gasteiger partial charge in [-0.3, -0.25) is 0 Å². The number of nitrogens with zero attached hydrogens (tertiary/aromatic N) is 1. The second kappa shape index (κ2) is 6.49. The lowest BCUT2D eigenvalue weighted by Crippen LogP contribution is -2.40. The molecule has 2 amide bonds. The van der Waals surface area contributed by atoms with Gasteiger partial charge in [0.05, 0.1) is 16.6 Å². The Morgan fingerprint density at radius 3 is 3.09 bits per heavy atom. The number of urea groups is 1. The number of hydrogen-bond acceptors (Lipinski definition) is 4. The van der Waals surface area contributed by atoms with Crippen LogP contribution in [0.2, 0.25) is 0 Å². The van der Waals surface area contributed by atoms with Gasteiger partial charge in [-0.15, -0.1) is 11.3 Å². The van der Waals surface area contributed by atoms with E-state index in [2.05, 4.69) is 15.6 Å². The monoisotopic (exact) mass is 339 g/mol. The van der Waals surface area contributed by atoms with E-state index in [1.807, 2.05) is 12.3 Å². The van der Waals surface area contributed by atoms with Gasteiger partial charge in [-0.05, 0) is 0 Å². The van der Waals surface area contributed by atoms with Crippen LogP contribution >= 0.6 is 11.3 Å². The van der Waals surface area contributed by atoms with Crippen LogP contribution in [0.5, 0.6) is 5.75 Å². The quantitative estimate of drug-likeness (QED) is 0.900. The minimum atomic E-state index is -0.723. The zero-order chi connectivity index (χ0) is 16.4. The lowest BCUT2D eigenvalue weighted by atomic mass is 10.1. The average molecular weight is 339 g/mol. The van der Waals surface area contributed by atoms with E-state index in [1.54, 1.807) is 6.20 Å². The third kappa shape index (κ3) is 3.42. The van der Waals surface area contributed by atoms with E-state index in [0.717, 1.165) is 17.1 Å². The smallest absolute Gasteiger partial charge is 0.315 e. The number of nitrogens with one attached hydrogen (secondary N) is 2. The van der Waals surface area contributed by atoms with Crippen molar-refractivity contribution in [3.8, 4) is 5.75 Å². The molecule has 23 heavy (non-hydrogen) atoms. The van der Waals surface area contributed by atoms with E-state index < -0.39 is 23.7 Å². The number of thiazole rings is 1. The minimum absolute atomic E-state index is 0.0746. The lowest BCUT2D eigenvalue weighted by Gasteiger charge is -2.15. The second-order valence-electron chi connectivity index (χ2n) is 5.29. The number of rotatable bonds is 4. The first-order valence-electron chi connectivity index (χ1n) is 7.10. The van der Waals surface area contributed by atoms with Gasteiger partial charge in [-0.2, -0.15) is 0 Å². The zero-order valence-corrected chi connectivity index (χ0v) is 13.1. The fraction of sp³-hybridized carbons (Fsp3) is 0.333. The summed E-state index contributed by atoms with van der Waals surface area (Å²) < 4.78 is 32.2. The van der Waals surface area contributed by atoms with Gasteiger partial charge in [0.15, 0.2) is 0 Å². The highest BCUT2D eigenvalue weighted by Crippen LogP contribution is 2.35. The van der Waals surface area contributed by atoms with Crippen molar-refractivity contribution in [2.24, 2.45) is 0 Å². The predicted molar refractivity (Wildman–Crippen MR) is 81.7 cm³/mol. The summed E-state index contributed by atoms with van der Waals surface area (Å²) in [6.07, 6.45) is 1.71. The van der Waals surface area contributed by atoms with Gasteiger partial charge in [0.2, 0.25) is 0 Å². The van der Waals surface area contributed by atoms with Crippen molar-refractivity contribution in [1.82, 2.24) is 15.6 Å². The molecule has 0 saturated carbocycles. The van der Waals surface area contributed by atoms with Gasteiger partial charge in [0.1, 0.15) is 24.0 Å². The highest BCUT2D eigenvalue weighted by atomic mass is 32.1. The number of carbonyl (C=O) groups excluding carboxylic acids is 1. The summed E-state index contributed by atoms with van der Waals surface area (Å²) in [4.78, 5) is 16.2. The first kappa shape index (κ1) is 15.7. The van der Waals surface area contributed by atoms with Crippen LogP contribution in [0.1, 0.15) is 29.5 Å². The Hall–Kier alpha value is -2.22. The summed E-state index contributed by atoms with van der Waals surface area (Å²) in [6.45, 7) is 2.44. The van der Waals surface area contributed by atoms with E-state index in [0.29, 0.717) is 6.54 Å². The number of fused-ring (bicyclic) bond motifs is 1. The molecule has 1 aliphatic rings. The van der Waals surface area contributed by atoms with Gasteiger partial charge < -0.3 is 15.4 Å². The van der Waals surface area contributed by atoms with Crippen LogP contribution in [-0.4, -0.2) is 24.2 Å². The minimum Gasteiger partial charge on any atom is -0.490 e. The van der Waals surface area contributed by atoms with Gasteiger partial charge in [-0.25, -0.2) is 18.6 Å². The maximum absolute atomic E-state index is 13.9. The molecule has 0 unspecified atom stereocenters. The van der Waals surface area contributed by atoms with Gasteiger partial charge >= 0.3 is 6.03 Å². The summed E-state index contributed by atoms with van der Waals surface area (Å²) in [5, 5.41) is 8.17. The first-order chi connectivity index (χ1) is 11.0. The van der Waals surface area contributed by atoms with Crippen LogP contribution in [-0.2, 0) is 0 Å². The molecule has 0 aliphatic carbocycles. The summed E-state index contributed by atoms with van der Waals surface area (Å²) in [5.74, 6) is -1.22. The third-order valence-electron chi connectivity index (χ3n) is 3.56. The Bertz CT molecular complexity index is 709. The van der Waals surface area contributed by atoms with Crippen LogP contribution in [0, 0.1) is 11.6 Å². The molecule has 0 saturated heterocycles. The fourth-order valence-electron chi connectivity index (χ4n) is 2.41. The normalized spacial score (nSPS) is 17.3. The summed E-state index contributed by atoms with van der Waals surface area (Å²) in [5.41, 5.74) is 0.175. The Morgan fingerprint density at radius 2 is 2.35 bits per heavy atom. The largest absolute Gasteiger partial charge is 0.490 e. The molecule has 5 nitrogen and oxygen atoms in total. The summed E-state index contributed by atoms with van der Waals surface area (Å²) in [6, 6.07) is 0.826. The maximum atomic E-state index is 13.9. The number of benzene rings is 1. The topological polar surface area (TPSA) is 63.2 Å². The molecule has 8 heteroatoms. The van der Waals surface area contributed by atoms with Gasteiger partial charge in [0.25, 0.3) is 0 Å². The van der Waals surface area contributed by atoms with E-state index in [4.69, 9.17) is 4.74 Å². The second-order valence-corrected chi connectivity index (χ2v) is 6.21. The molecule has 2 aromatic rings. The molecule has 1 aromatic carbocycles. The molecule has 1 aromatic heterocycles. The van der Waals surface area contributed by atoms with E-state index >= 15 is 0 Å². The van der Waals surface area contributed by atoms with Crippen LogP contribution in [0.25, 0.3) is 0 Å². The Kier molecular flexibility index (Phi) is 4.42. The first-order valence-corrected chi connectivity index (χ1v) is 7.98. The zero-order valence-electron chi connectivity index (χ0n) is 12.3. The van der Waals surface area contributed by atoms with Crippen molar-refractivity contribution < 1.29 is 18.3 Å². The molecule has 0 radical (unpaired) electrons. The molecule has 1 aliphatic heterocycles. The number of aromatic nitrogens is 1. The highest BCUT2D eigenvalue weighted by Gasteiger charge is 2.30. The summed E-state index contributed by atoms with van der Waals surface area (Å²) in [7, 11) is 0. The van der Waals surface area contributed by atoms with Gasteiger partial charge in [0, 0.05) is 36.2 Å². The van der Waals surface area contributed by atoms with Crippen LogP contribution in [0.4, 0.5) is 13.6 Å². The number of ether oxygens (including phenoxy) is 1. The number of amides is 2. The van der Waals surface area contributed by atoms with Crippen molar-refractivity contribution >= 4 is 17.4 Å². The molecule has 3 rings (SSSR count). The predicted octanol–water partition coefficient (Wildman–Crippen LogP) is 2.96. The van der Waals surface area contributed by atoms with E-state index in [1.165, 1.54) is 11.3 Å². The maximum Gasteiger partial charge on any atom is 0.315 e. The number of hydrogen-bond donors (Lipinski definition) is 2. The van der Waals surface area contributed by atoms with Gasteiger partial charge in [-0.1, -0.05) is 6.92 Å². The number of carbonyl (C=O) groups is 1. The van der Waals surface area contributed by atoms with Crippen molar-refractivity contribution in [3.63, 3.8) is 0 Å².